The predicted octanol–water partition coefficient (Wildman–Crippen LogP) is 3.00. The van der Waals surface area contributed by atoms with Gasteiger partial charge in [-0.3, -0.25) is 4.79 Å². The molecule has 1 aromatic carbocycles. The van der Waals surface area contributed by atoms with E-state index >= 15 is 0 Å². The lowest BCUT2D eigenvalue weighted by Gasteiger charge is -2.30. The van der Waals surface area contributed by atoms with Gasteiger partial charge in [0.15, 0.2) is 5.69 Å². The van der Waals surface area contributed by atoms with E-state index in [4.69, 9.17) is 4.74 Å². The Kier molecular flexibility index (Phi) is 8.24. The molecule has 4 rings (SSSR count). The smallest absolute Gasteiger partial charge is 0.276 e. The van der Waals surface area contributed by atoms with Crippen molar-refractivity contribution in [1.82, 2.24) is 25.2 Å². The van der Waals surface area contributed by atoms with Crippen molar-refractivity contribution in [1.29, 1.82) is 0 Å². The normalized spacial score (nSPS) is 18.0. The summed E-state index contributed by atoms with van der Waals surface area (Å²) < 4.78 is 7.46. The maximum absolute atomic E-state index is 13.5. The van der Waals surface area contributed by atoms with Crippen molar-refractivity contribution in [3.63, 3.8) is 0 Å². The van der Waals surface area contributed by atoms with Crippen LogP contribution in [0.5, 0.6) is 0 Å². The summed E-state index contributed by atoms with van der Waals surface area (Å²) in [5, 5.41) is 12.1. The molecular weight excluding hydrogens is 402 g/mol. The fourth-order valence-corrected chi connectivity index (χ4v) is 4.35. The lowest BCUT2D eigenvalue weighted by Crippen LogP contribution is -2.37. The molecular formula is C22H32ClN5O2. The molecule has 0 aliphatic carbocycles. The van der Waals surface area contributed by atoms with Crippen molar-refractivity contribution in [3.05, 3.63) is 47.3 Å². The second-order valence-electron chi connectivity index (χ2n) is 8.18. The minimum Gasteiger partial charge on any atom is -0.381 e. The Balaban J connectivity index is 0.00000256. The molecule has 0 atom stereocenters. The van der Waals surface area contributed by atoms with Crippen LogP contribution in [-0.4, -0.2) is 58.6 Å². The van der Waals surface area contributed by atoms with E-state index in [1.165, 1.54) is 0 Å². The first-order valence-corrected chi connectivity index (χ1v) is 10.8. The van der Waals surface area contributed by atoms with Gasteiger partial charge in [0, 0.05) is 26.3 Å². The number of carbonyl (C=O) groups excluding carboxylic acids is 1. The summed E-state index contributed by atoms with van der Waals surface area (Å²) >= 11 is 0. The van der Waals surface area contributed by atoms with Crippen molar-refractivity contribution in [2.24, 2.45) is 5.92 Å². The molecule has 0 bridgehead atoms. The van der Waals surface area contributed by atoms with Gasteiger partial charge in [0.2, 0.25) is 0 Å². The minimum atomic E-state index is -0.0157. The van der Waals surface area contributed by atoms with Gasteiger partial charge in [-0.25, -0.2) is 4.68 Å². The quantitative estimate of drug-likeness (QED) is 0.758. The molecule has 0 spiro atoms. The fourth-order valence-electron chi connectivity index (χ4n) is 4.35. The molecule has 0 unspecified atom stereocenters. The molecule has 164 valence electrons. The molecule has 8 heteroatoms. The number of ether oxygens (including phenoxy) is 1. The first-order valence-electron chi connectivity index (χ1n) is 10.8. The van der Waals surface area contributed by atoms with Crippen LogP contribution in [0.15, 0.2) is 30.3 Å². The van der Waals surface area contributed by atoms with E-state index in [9.17, 15) is 4.79 Å². The van der Waals surface area contributed by atoms with Gasteiger partial charge < -0.3 is 15.0 Å². The topological polar surface area (TPSA) is 72.3 Å². The SMILES string of the molecule is Cc1c(C(=O)N(Cc2ccccc2)CC2CCOCC2)nnn1C1CCNCC1.Cl. The first kappa shape index (κ1) is 22.7. The zero-order chi connectivity index (χ0) is 20.1. The fraction of sp³-hybridized carbons (Fsp3) is 0.591. The summed E-state index contributed by atoms with van der Waals surface area (Å²) in [4.78, 5) is 15.5. The van der Waals surface area contributed by atoms with Crippen LogP contribution in [0.3, 0.4) is 0 Å². The molecule has 2 fully saturated rings. The standard InChI is InChI=1S/C22H31N5O2.ClH/c1-17-21(24-25-27(17)20-7-11-23-12-8-20)22(28)26(15-18-5-3-2-4-6-18)16-19-9-13-29-14-10-19;/h2-6,19-20,23H,7-16H2,1H3;1H. The average molecular weight is 434 g/mol. The monoisotopic (exact) mass is 433 g/mol. The number of hydrogen-bond acceptors (Lipinski definition) is 5. The molecule has 1 aromatic heterocycles. The summed E-state index contributed by atoms with van der Waals surface area (Å²) in [5.74, 6) is 0.453. The Labute approximate surface area is 184 Å². The van der Waals surface area contributed by atoms with Gasteiger partial charge in [0.1, 0.15) is 0 Å². The van der Waals surface area contributed by atoms with Gasteiger partial charge in [-0.1, -0.05) is 35.5 Å². The van der Waals surface area contributed by atoms with E-state index in [0.717, 1.165) is 69.8 Å². The zero-order valence-corrected chi connectivity index (χ0v) is 18.4. The van der Waals surface area contributed by atoms with Crippen LogP contribution >= 0.6 is 12.4 Å². The average Bonchev–Trinajstić information content (AvgIpc) is 3.16. The van der Waals surface area contributed by atoms with Gasteiger partial charge in [0.25, 0.3) is 5.91 Å². The molecule has 1 amide bonds. The van der Waals surface area contributed by atoms with Gasteiger partial charge in [0.05, 0.1) is 11.7 Å². The number of carbonyl (C=O) groups is 1. The number of piperidine rings is 1. The number of hydrogen-bond donors (Lipinski definition) is 1. The molecule has 2 aliphatic rings. The highest BCUT2D eigenvalue weighted by Crippen LogP contribution is 2.23. The Hall–Kier alpha value is -1.96. The Morgan fingerprint density at radius 1 is 1.17 bits per heavy atom. The molecule has 1 N–H and O–H groups in total. The molecule has 0 radical (unpaired) electrons. The third kappa shape index (κ3) is 5.39. The summed E-state index contributed by atoms with van der Waals surface area (Å²) in [6.45, 7) is 6.83. The highest BCUT2D eigenvalue weighted by molar-refractivity contribution is 5.93. The van der Waals surface area contributed by atoms with Gasteiger partial charge in [-0.15, -0.1) is 17.5 Å². The van der Waals surface area contributed by atoms with Gasteiger partial charge in [-0.05, 0) is 57.2 Å². The lowest BCUT2D eigenvalue weighted by molar-refractivity contribution is 0.0443. The van der Waals surface area contributed by atoms with Crippen molar-refractivity contribution in [2.75, 3.05) is 32.8 Å². The Morgan fingerprint density at radius 2 is 1.87 bits per heavy atom. The summed E-state index contributed by atoms with van der Waals surface area (Å²) in [6, 6.07) is 10.5. The number of rotatable bonds is 6. The van der Waals surface area contributed by atoms with Crippen LogP contribution in [0.2, 0.25) is 0 Å². The number of benzene rings is 1. The van der Waals surface area contributed by atoms with Gasteiger partial charge >= 0.3 is 0 Å². The second kappa shape index (κ2) is 10.9. The molecule has 2 aromatic rings. The number of nitrogens with zero attached hydrogens (tertiary/aromatic N) is 4. The molecule has 30 heavy (non-hydrogen) atoms. The number of aromatic nitrogens is 3. The minimum absolute atomic E-state index is 0. The number of halogens is 1. The van der Waals surface area contributed by atoms with E-state index in [-0.39, 0.29) is 18.3 Å². The summed E-state index contributed by atoms with van der Waals surface area (Å²) in [7, 11) is 0. The Bertz CT molecular complexity index is 801. The largest absolute Gasteiger partial charge is 0.381 e. The number of amides is 1. The van der Waals surface area contributed by atoms with Crippen LogP contribution < -0.4 is 5.32 Å². The number of nitrogens with one attached hydrogen (secondary N) is 1. The van der Waals surface area contributed by atoms with Crippen molar-refractivity contribution in [3.8, 4) is 0 Å². The molecule has 7 nitrogen and oxygen atoms in total. The molecule has 2 aliphatic heterocycles. The van der Waals surface area contributed by atoms with E-state index < -0.39 is 0 Å². The lowest BCUT2D eigenvalue weighted by atomic mass is 9.99. The zero-order valence-electron chi connectivity index (χ0n) is 17.6. The summed E-state index contributed by atoms with van der Waals surface area (Å²) in [6.07, 6.45) is 4.04. The van der Waals surface area contributed by atoms with Crippen molar-refractivity contribution >= 4 is 18.3 Å². The van der Waals surface area contributed by atoms with E-state index in [1.54, 1.807) is 0 Å². The van der Waals surface area contributed by atoms with E-state index in [0.29, 0.717) is 24.2 Å². The summed E-state index contributed by atoms with van der Waals surface area (Å²) in [5.41, 5.74) is 2.51. The van der Waals surface area contributed by atoms with Crippen molar-refractivity contribution in [2.45, 2.75) is 45.2 Å². The predicted molar refractivity (Wildman–Crippen MR) is 118 cm³/mol. The second-order valence-corrected chi connectivity index (χ2v) is 8.18. The maximum atomic E-state index is 13.5. The van der Waals surface area contributed by atoms with Crippen LogP contribution in [0.25, 0.3) is 0 Å². The highest BCUT2D eigenvalue weighted by Gasteiger charge is 2.28. The van der Waals surface area contributed by atoms with E-state index in [2.05, 4.69) is 27.8 Å². The van der Waals surface area contributed by atoms with Crippen LogP contribution in [0.4, 0.5) is 0 Å². The highest BCUT2D eigenvalue weighted by atomic mass is 35.5. The van der Waals surface area contributed by atoms with E-state index in [1.807, 2.05) is 34.7 Å². The van der Waals surface area contributed by atoms with Crippen LogP contribution in [0.1, 0.15) is 53.5 Å². The third-order valence-corrected chi connectivity index (χ3v) is 6.11. The molecule has 0 saturated carbocycles. The van der Waals surface area contributed by atoms with Gasteiger partial charge in [-0.2, -0.15) is 0 Å². The van der Waals surface area contributed by atoms with Crippen LogP contribution in [0, 0.1) is 12.8 Å². The van der Waals surface area contributed by atoms with Crippen LogP contribution in [-0.2, 0) is 11.3 Å². The maximum Gasteiger partial charge on any atom is 0.276 e. The Morgan fingerprint density at radius 3 is 2.57 bits per heavy atom. The van der Waals surface area contributed by atoms with Crippen molar-refractivity contribution < 1.29 is 9.53 Å². The third-order valence-electron chi connectivity index (χ3n) is 6.11. The molecule has 3 heterocycles. The first-order chi connectivity index (χ1) is 14.2. The molecule has 2 saturated heterocycles.